The van der Waals surface area contributed by atoms with Gasteiger partial charge in [-0.2, -0.15) is 0 Å². The van der Waals surface area contributed by atoms with E-state index in [9.17, 15) is 14.7 Å². The number of amides is 1. The van der Waals surface area contributed by atoms with E-state index in [-0.39, 0.29) is 5.91 Å². The average Bonchev–Trinajstić information content (AvgIpc) is 2.99. The monoisotopic (exact) mass is 303 g/mol. The topological polar surface area (TPSA) is 66.4 Å². The van der Waals surface area contributed by atoms with Gasteiger partial charge in [0.15, 0.2) is 0 Å². The van der Waals surface area contributed by atoms with Crippen molar-refractivity contribution in [3.05, 3.63) is 58.3 Å². The van der Waals surface area contributed by atoms with Gasteiger partial charge >= 0.3 is 5.97 Å². The standard InChI is InChI=1S/C16H17NO3S/c18-15(9-8-13-7-4-10-21-13)17-14(16(19)20)11-12-5-2-1-3-6-12/h1-7,10,14H,8-9,11H2,(H,17,18)(H,19,20). The Labute approximate surface area is 127 Å². The van der Waals surface area contributed by atoms with Gasteiger partial charge in [-0.05, 0) is 23.4 Å². The lowest BCUT2D eigenvalue weighted by molar-refractivity contribution is -0.141. The highest BCUT2D eigenvalue weighted by atomic mass is 32.1. The molecule has 2 rings (SSSR count). The van der Waals surface area contributed by atoms with E-state index < -0.39 is 12.0 Å². The molecule has 0 saturated heterocycles. The molecule has 1 aromatic carbocycles. The number of rotatable bonds is 7. The fourth-order valence-corrected chi connectivity index (χ4v) is 2.72. The minimum absolute atomic E-state index is 0.230. The summed E-state index contributed by atoms with van der Waals surface area (Å²) >= 11 is 1.60. The predicted octanol–water partition coefficient (Wildman–Crippen LogP) is 2.49. The maximum atomic E-state index is 11.9. The summed E-state index contributed by atoms with van der Waals surface area (Å²) in [5.74, 6) is -1.24. The fourth-order valence-electron chi connectivity index (χ4n) is 2.01. The van der Waals surface area contributed by atoms with Crippen LogP contribution >= 0.6 is 11.3 Å². The SMILES string of the molecule is O=C(CCc1cccs1)NC(Cc1ccccc1)C(=O)O. The van der Waals surface area contributed by atoms with Crippen molar-refractivity contribution in [2.45, 2.75) is 25.3 Å². The number of hydrogen-bond donors (Lipinski definition) is 2. The molecule has 0 spiro atoms. The molecule has 2 aromatic rings. The number of carbonyl (C=O) groups excluding carboxylic acids is 1. The van der Waals surface area contributed by atoms with Gasteiger partial charge in [0.05, 0.1) is 0 Å². The number of hydrogen-bond acceptors (Lipinski definition) is 3. The summed E-state index contributed by atoms with van der Waals surface area (Å²) in [5.41, 5.74) is 0.892. The van der Waals surface area contributed by atoms with Crippen LogP contribution in [0.5, 0.6) is 0 Å². The van der Waals surface area contributed by atoms with Crippen LogP contribution in [0.4, 0.5) is 0 Å². The first kappa shape index (κ1) is 15.3. The smallest absolute Gasteiger partial charge is 0.326 e. The van der Waals surface area contributed by atoms with Gasteiger partial charge < -0.3 is 10.4 Å². The molecular formula is C16H17NO3S. The Morgan fingerprint density at radius 2 is 1.90 bits per heavy atom. The van der Waals surface area contributed by atoms with Gasteiger partial charge in [-0.25, -0.2) is 4.79 Å². The number of carboxylic acid groups (broad SMARTS) is 1. The lowest BCUT2D eigenvalue weighted by atomic mass is 10.1. The van der Waals surface area contributed by atoms with E-state index in [0.717, 1.165) is 10.4 Å². The van der Waals surface area contributed by atoms with Crippen LogP contribution in [0.25, 0.3) is 0 Å². The highest BCUT2D eigenvalue weighted by Gasteiger charge is 2.20. The second-order valence-corrected chi connectivity index (χ2v) is 5.76. The van der Waals surface area contributed by atoms with Gasteiger partial charge in [0, 0.05) is 17.7 Å². The van der Waals surface area contributed by atoms with Crippen molar-refractivity contribution in [2.75, 3.05) is 0 Å². The van der Waals surface area contributed by atoms with Crippen LogP contribution in [0.2, 0.25) is 0 Å². The van der Waals surface area contributed by atoms with Crippen molar-refractivity contribution in [2.24, 2.45) is 0 Å². The summed E-state index contributed by atoms with van der Waals surface area (Å²) < 4.78 is 0. The van der Waals surface area contributed by atoms with E-state index in [1.54, 1.807) is 11.3 Å². The quantitative estimate of drug-likeness (QED) is 0.826. The zero-order valence-electron chi connectivity index (χ0n) is 11.5. The second-order valence-electron chi connectivity index (χ2n) is 4.73. The molecule has 1 amide bonds. The first-order chi connectivity index (χ1) is 10.1. The van der Waals surface area contributed by atoms with E-state index in [1.165, 1.54) is 0 Å². The summed E-state index contributed by atoms with van der Waals surface area (Å²) in [6, 6.07) is 12.3. The zero-order valence-corrected chi connectivity index (χ0v) is 12.3. The Hall–Kier alpha value is -2.14. The highest BCUT2D eigenvalue weighted by molar-refractivity contribution is 7.09. The van der Waals surface area contributed by atoms with Gasteiger partial charge in [0.2, 0.25) is 5.91 Å². The Bertz CT molecular complexity index is 581. The third-order valence-corrected chi connectivity index (χ3v) is 4.03. The molecule has 0 bridgehead atoms. The number of aryl methyl sites for hydroxylation is 1. The number of carbonyl (C=O) groups is 2. The van der Waals surface area contributed by atoms with Crippen LogP contribution < -0.4 is 5.32 Å². The third-order valence-electron chi connectivity index (χ3n) is 3.09. The Balaban J connectivity index is 1.87. The number of aliphatic carboxylic acids is 1. The van der Waals surface area contributed by atoms with Gasteiger partial charge in [0.1, 0.15) is 6.04 Å². The Morgan fingerprint density at radius 3 is 2.52 bits per heavy atom. The molecule has 1 unspecified atom stereocenters. The highest BCUT2D eigenvalue weighted by Crippen LogP contribution is 2.11. The van der Waals surface area contributed by atoms with E-state index in [0.29, 0.717) is 19.3 Å². The molecule has 21 heavy (non-hydrogen) atoms. The fraction of sp³-hybridized carbons (Fsp3) is 0.250. The molecule has 4 nitrogen and oxygen atoms in total. The van der Waals surface area contributed by atoms with Gasteiger partial charge in [-0.15, -0.1) is 11.3 Å². The molecule has 110 valence electrons. The number of benzene rings is 1. The molecule has 0 radical (unpaired) electrons. The lowest BCUT2D eigenvalue weighted by Crippen LogP contribution is -2.42. The molecule has 0 aliphatic heterocycles. The summed E-state index contributed by atoms with van der Waals surface area (Å²) in [4.78, 5) is 24.3. The molecule has 2 N–H and O–H groups in total. The minimum Gasteiger partial charge on any atom is -0.480 e. The summed E-state index contributed by atoms with van der Waals surface area (Å²) in [7, 11) is 0. The molecule has 0 aliphatic carbocycles. The second kappa shape index (κ2) is 7.59. The van der Waals surface area contributed by atoms with E-state index in [2.05, 4.69) is 5.32 Å². The Morgan fingerprint density at radius 1 is 1.14 bits per heavy atom. The van der Waals surface area contributed by atoms with Crippen molar-refractivity contribution in [1.29, 1.82) is 0 Å². The van der Waals surface area contributed by atoms with Gasteiger partial charge in [-0.3, -0.25) is 4.79 Å². The zero-order chi connectivity index (χ0) is 15.1. The molecule has 0 saturated carbocycles. The van der Waals surface area contributed by atoms with E-state index in [4.69, 9.17) is 0 Å². The maximum Gasteiger partial charge on any atom is 0.326 e. The first-order valence-electron chi connectivity index (χ1n) is 6.73. The number of carboxylic acids is 1. The van der Waals surface area contributed by atoms with Crippen LogP contribution in [0.3, 0.4) is 0 Å². The molecule has 5 heteroatoms. The van der Waals surface area contributed by atoms with Crippen molar-refractivity contribution in [3.63, 3.8) is 0 Å². The van der Waals surface area contributed by atoms with Crippen LogP contribution in [0.15, 0.2) is 47.8 Å². The number of thiophene rings is 1. The van der Waals surface area contributed by atoms with Gasteiger partial charge in [0.25, 0.3) is 0 Å². The third kappa shape index (κ3) is 5.04. The Kier molecular flexibility index (Phi) is 5.51. The predicted molar refractivity (Wildman–Crippen MR) is 82.4 cm³/mol. The van der Waals surface area contributed by atoms with Crippen molar-refractivity contribution < 1.29 is 14.7 Å². The summed E-state index contributed by atoms with van der Waals surface area (Å²) in [6.07, 6.45) is 1.24. The van der Waals surface area contributed by atoms with Crippen molar-refractivity contribution in [3.8, 4) is 0 Å². The van der Waals surface area contributed by atoms with Crippen LogP contribution in [0, 0.1) is 0 Å². The first-order valence-corrected chi connectivity index (χ1v) is 7.61. The normalized spacial score (nSPS) is 11.8. The molecule has 1 aromatic heterocycles. The molecule has 0 aliphatic rings. The maximum absolute atomic E-state index is 11.9. The van der Waals surface area contributed by atoms with Gasteiger partial charge in [-0.1, -0.05) is 36.4 Å². The van der Waals surface area contributed by atoms with Crippen LogP contribution in [-0.2, 0) is 22.4 Å². The number of nitrogens with one attached hydrogen (secondary N) is 1. The molecule has 0 fully saturated rings. The lowest BCUT2D eigenvalue weighted by Gasteiger charge is -2.14. The van der Waals surface area contributed by atoms with Crippen LogP contribution in [-0.4, -0.2) is 23.0 Å². The minimum atomic E-state index is -1.01. The van der Waals surface area contributed by atoms with E-state index >= 15 is 0 Å². The molecule has 1 atom stereocenters. The van der Waals surface area contributed by atoms with Crippen molar-refractivity contribution in [1.82, 2.24) is 5.32 Å². The summed E-state index contributed by atoms with van der Waals surface area (Å²) in [5, 5.41) is 13.8. The molecule has 1 heterocycles. The van der Waals surface area contributed by atoms with Crippen LogP contribution in [0.1, 0.15) is 16.9 Å². The molecular weight excluding hydrogens is 286 g/mol. The average molecular weight is 303 g/mol. The largest absolute Gasteiger partial charge is 0.480 e. The van der Waals surface area contributed by atoms with E-state index in [1.807, 2.05) is 47.8 Å². The summed E-state index contributed by atoms with van der Waals surface area (Å²) in [6.45, 7) is 0. The van der Waals surface area contributed by atoms with Crippen molar-refractivity contribution >= 4 is 23.2 Å².